The Labute approximate surface area is 134 Å². The number of carboxylic acids is 1. The van der Waals surface area contributed by atoms with Crippen molar-refractivity contribution in [2.24, 2.45) is 5.73 Å². The lowest BCUT2D eigenvalue weighted by atomic mass is 10.1. The van der Waals surface area contributed by atoms with Gasteiger partial charge >= 0.3 is 5.97 Å². The molecular formula is C14H26N2O3S2. The summed E-state index contributed by atoms with van der Waals surface area (Å²) in [7, 11) is 3.95. The SMILES string of the molecule is NC(CCCCNC(=O)CCCC[C@@H]1CCSS1)C(=O)O. The van der Waals surface area contributed by atoms with Crippen molar-refractivity contribution < 1.29 is 14.7 Å². The van der Waals surface area contributed by atoms with Crippen LogP contribution in [0.2, 0.25) is 0 Å². The fourth-order valence-electron chi connectivity index (χ4n) is 2.15. The molecule has 0 aromatic rings. The Balaban J connectivity index is 1.88. The molecule has 4 N–H and O–H groups in total. The summed E-state index contributed by atoms with van der Waals surface area (Å²) in [5, 5.41) is 12.3. The van der Waals surface area contributed by atoms with E-state index in [9.17, 15) is 9.59 Å². The maximum Gasteiger partial charge on any atom is 0.320 e. The average molecular weight is 335 g/mol. The number of hydrogen-bond acceptors (Lipinski definition) is 5. The number of nitrogens with two attached hydrogens (primary N) is 1. The van der Waals surface area contributed by atoms with Gasteiger partial charge in [-0.15, -0.1) is 0 Å². The molecule has 1 heterocycles. The van der Waals surface area contributed by atoms with E-state index >= 15 is 0 Å². The third kappa shape index (κ3) is 9.26. The van der Waals surface area contributed by atoms with Crippen LogP contribution in [0.5, 0.6) is 0 Å². The fourth-order valence-corrected chi connectivity index (χ4v) is 5.18. The van der Waals surface area contributed by atoms with Gasteiger partial charge in [0.2, 0.25) is 5.91 Å². The Morgan fingerprint density at radius 3 is 2.76 bits per heavy atom. The van der Waals surface area contributed by atoms with Crippen LogP contribution in [0, 0.1) is 0 Å². The first-order chi connectivity index (χ1) is 10.1. The van der Waals surface area contributed by atoms with Crippen LogP contribution < -0.4 is 11.1 Å². The zero-order valence-corrected chi connectivity index (χ0v) is 14.0. The minimum absolute atomic E-state index is 0.103. The van der Waals surface area contributed by atoms with Crippen LogP contribution >= 0.6 is 21.6 Å². The van der Waals surface area contributed by atoms with Gasteiger partial charge in [-0.1, -0.05) is 28.0 Å². The van der Waals surface area contributed by atoms with Gasteiger partial charge in [-0.25, -0.2) is 0 Å². The highest BCUT2D eigenvalue weighted by atomic mass is 33.1. The van der Waals surface area contributed by atoms with Crippen LogP contribution in [0.4, 0.5) is 0 Å². The molecule has 5 nitrogen and oxygen atoms in total. The van der Waals surface area contributed by atoms with Gasteiger partial charge in [0.25, 0.3) is 0 Å². The number of nitrogens with one attached hydrogen (secondary N) is 1. The molecule has 0 aromatic carbocycles. The molecule has 0 radical (unpaired) electrons. The number of carbonyl (C=O) groups excluding carboxylic acids is 1. The zero-order chi connectivity index (χ0) is 15.5. The summed E-state index contributed by atoms with van der Waals surface area (Å²) in [6.07, 6.45) is 7.17. The molecule has 0 spiro atoms. The van der Waals surface area contributed by atoms with E-state index in [1.807, 2.05) is 21.6 Å². The quantitative estimate of drug-likeness (QED) is 0.397. The van der Waals surface area contributed by atoms with Crippen molar-refractivity contribution in [1.82, 2.24) is 5.32 Å². The maximum atomic E-state index is 11.6. The normalized spacial score (nSPS) is 19.4. The topological polar surface area (TPSA) is 92.4 Å². The molecular weight excluding hydrogens is 308 g/mol. The lowest BCUT2D eigenvalue weighted by Gasteiger charge is -2.08. The van der Waals surface area contributed by atoms with Crippen molar-refractivity contribution in [3.05, 3.63) is 0 Å². The standard InChI is InChI=1S/C14H26N2O3S2/c15-12(14(18)19)6-3-4-9-16-13(17)7-2-1-5-11-8-10-20-21-11/h11-12H,1-10,15H2,(H,16,17)(H,18,19)/t11-,12?/m1/s1. The fraction of sp³-hybridized carbons (Fsp3) is 0.857. The second-order valence-corrected chi connectivity index (χ2v) is 8.15. The van der Waals surface area contributed by atoms with Crippen molar-refractivity contribution in [2.45, 2.75) is 62.7 Å². The summed E-state index contributed by atoms with van der Waals surface area (Å²) in [6, 6.07) is -0.785. The van der Waals surface area contributed by atoms with Crippen molar-refractivity contribution in [3.63, 3.8) is 0 Å². The van der Waals surface area contributed by atoms with Crippen LogP contribution in [-0.4, -0.2) is 40.6 Å². The summed E-state index contributed by atoms with van der Waals surface area (Å²) >= 11 is 0. The minimum atomic E-state index is -0.960. The molecule has 1 aliphatic heterocycles. The van der Waals surface area contributed by atoms with Crippen LogP contribution in [0.1, 0.15) is 51.4 Å². The van der Waals surface area contributed by atoms with Crippen molar-refractivity contribution in [2.75, 3.05) is 12.3 Å². The second kappa shape index (κ2) is 11.2. The van der Waals surface area contributed by atoms with Gasteiger partial charge in [0.15, 0.2) is 0 Å². The van der Waals surface area contributed by atoms with Crippen molar-refractivity contribution >= 4 is 33.5 Å². The smallest absolute Gasteiger partial charge is 0.320 e. The molecule has 1 saturated heterocycles. The van der Waals surface area contributed by atoms with Gasteiger partial charge < -0.3 is 16.2 Å². The first-order valence-electron chi connectivity index (χ1n) is 7.63. The first kappa shape index (κ1) is 18.6. The molecule has 1 amide bonds. The van der Waals surface area contributed by atoms with Gasteiger partial charge in [0.05, 0.1) is 0 Å². The largest absolute Gasteiger partial charge is 0.480 e. The van der Waals surface area contributed by atoms with E-state index < -0.39 is 12.0 Å². The Kier molecular flexibility index (Phi) is 9.95. The number of carboxylic acid groups (broad SMARTS) is 1. The molecule has 1 fully saturated rings. The Morgan fingerprint density at radius 1 is 1.29 bits per heavy atom. The molecule has 0 saturated carbocycles. The number of aliphatic carboxylic acids is 1. The molecule has 1 aliphatic rings. The van der Waals surface area contributed by atoms with Gasteiger partial charge in [-0.05, 0) is 38.5 Å². The van der Waals surface area contributed by atoms with E-state index in [1.165, 1.54) is 18.6 Å². The van der Waals surface area contributed by atoms with E-state index in [0.717, 1.165) is 30.9 Å². The molecule has 1 unspecified atom stereocenters. The molecule has 2 atom stereocenters. The van der Waals surface area contributed by atoms with Crippen LogP contribution in [0.15, 0.2) is 0 Å². The monoisotopic (exact) mass is 334 g/mol. The highest BCUT2D eigenvalue weighted by Crippen LogP contribution is 2.39. The summed E-state index contributed by atoms with van der Waals surface area (Å²) in [5.41, 5.74) is 5.40. The first-order valence-corrected chi connectivity index (χ1v) is 10.0. The Hall–Kier alpha value is -0.400. The average Bonchev–Trinajstić information content (AvgIpc) is 2.96. The predicted octanol–water partition coefficient (Wildman–Crippen LogP) is 2.40. The van der Waals surface area contributed by atoms with Crippen LogP contribution in [0.25, 0.3) is 0 Å². The summed E-state index contributed by atoms with van der Waals surface area (Å²) < 4.78 is 0. The van der Waals surface area contributed by atoms with Gasteiger partial charge in [0, 0.05) is 24.0 Å². The van der Waals surface area contributed by atoms with Gasteiger partial charge in [-0.2, -0.15) is 0 Å². The van der Waals surface area contributed by atoms with Gasteiger partial charge in [-0.3, -0.25) is 9.59 Å². The number of carbonyl (C=O) groups is 2. The van der Waals surface area contributed by atoms with E-state index in [-0.39, 0.29) is 5.91 Å². The minimum Gasteiger partial charge on any atom is -0.480 e. The Morgan fingerprint density at radius 2 is 2.10 bits per heavy atom. The van der Waals surface area contributed by atoms with E-state index in [4.69, 9.17) is 10.8 Å². The number of hydrogen-bond donors (Lipinski definition) is 3. The number of amides is 1. The zero-order valence-electron chi connectivity index (χ0n) is 12.4. The Bertz CT molecular complexity index is 323. The van der Waals surface area contributed by atoms with Crippen LogP contribution in [-0.2, 0) is 9.59 Å². The van der Waals surface area contributed by atoms with E-state index in [1.54, 1.807) is 0 Å². The van der Waals surface area contributed by atoms with E-state index in [2.05, 4.69) is 5.32 Å². The number of rotatable bonds is 11. The molecule has 7 heteroatoms. The van der Waals surface area contributed by atoms with Gasteiger partial charge in [0.1, 0.15) is 6.04 Å². The highest BCUT2D eigenvalue weighted by Gasteiger charge is 2.15. The lowest BCUT2D eigenvalue weighted by Crippen LogP contribution is -2.30. The second-order valence-electron chi connectivity index (χ2n) is 5.37. The molecule has 0 aliphatic carbocycles. The highest BCUT2D eigenvalue weighted by molar-refractivity contribution is 8.77. The predicted molar refractivity (Wildman–Crippen MR) is 89.4 cm³/mol. The lowest BCUT2D eigenvalue weighted by molar-refractivity contribution is -0.138. The molecule has 122 valence electrons. The van der Waals surface area contributed by atoms with Crippen molar-refractivity contribution in [3.8, 4) is 0 Å². The third-order valence-corrected chi connectivity index (χ3v) is 6.50. The molecule has 0 aromatic heterocycles. The summed E-state index contributed by atoms with van der Waals surface area (Å²) in [5.74, 6) is 0.408. The van der Waals surface area contributed by atoms with Crippen LogP contribution in [0.3, 0.4) is 0 Å². The molecule has 21 heavy (non-hydrogen) atoms. The van der Waals surface area contributed by atoms with Crippen molar-refractivity contribution in [1.29, 1.82) is 0 Å². The number of unbranched alkanes of at least 4 members (excludes halogenated alkanes) is 2. The van der Waals surface area contributed by atoms with E-state index in [0.29, 0.717) is 19.4 Å². The summed E-state index contributed by atoms with van der Waals surface area (Å²) in [4.78, 5) is 22.1. The maximum absolute atomic E-state index is 11.6. The molecule has 1 rings (SSSR count). The third-order valence-electron chi connectivity index (χ3n) is 3.49. The molecule has 0 bridgehead atoms. The summed E-state index contributed by atoms with van der Waals surface area (Å²) in [6.45, 7) is 0.611.